The maximum atomic E-state index is 11.9. The van der Waals surface area contributed by atoms with Crippen LogP contribution < -0.4 is 5.32 Å². The predicted octanol–water partition coefficient (Wildman–Crippen LogP) is 1.83. The van der Waals surface area contributed by atoms with Crippen LogP contribution in [0.15, 0.2) is 42.5 Å². The Balaban J connectivity index is 1.91. The van der Waals surface area contributed by atoms with Crippen molar-refractivity contribution < 1.29 is 4.79 Å². The van der Waals surface area contributed by atoms with Gasteiger partial charge in [0.25, 0.3) is 5.91 Å². The lowest BCUT2D eigenvalue weighted by molar-refractivity contribution is 0.0946. The highest BCUT2D eigenvalue weighted by atomic mass is 16.1. The number of amides is 1. The quantitative estimate of drug-likeness (QED) is 0.822. The fourth-order valence-corrected chi connectivity index (χ4v) is 1.90. The molecule has 21 heavy (non-hydrogen) atoms. The molecule has 0 aliphatic heterocycles. The van der Waals surface area contributed by atoms with E-state index in [1.807, 2.05) is 50.5 Å². The number of carbonyl (C=O) groups is 1. The summed E-state index contributed by atoms with van der Waals surface area (Å²) >= 11 is 0. The van der Waals surface area contributed by atoms with Crippen molar-refractivity contribution in [3.8, 4) is 11.3 Å². The van der Waals surface area contributed by atoms with E-state index in [2.05, 4.69) is 20.4 Å². The van der Waals surface area contributed by atoms with Crippen molar-refractivity contribution in [2.45, 2.75) is 6.42 Å². The second-order valence-electron chi connectivity index (χ2n) is 5.08. The first-order chi connectivity index (χ1) is 10.2. The number of nitrogens with zero attached hydrogens (tertiary/aromatic N) is 3. The Hall–Kier alpha value is -2.27. The molecule has 0 atom stereocenters. The molecule has 0 spiro atoms. The zero-order chi connectivity index (χ0) is 15.1. The molecule has 2 rings (SSSR count). The average Bonchev–Trinajstić information content (AvgIpc) is 2.52. The summed E-state index contributed by atoms with van der Waals surface area (Å²) in [5.74, 6) is -0.180. The summed E-state index contributed by atoms with van der Waals surface area (Å²) in [6.07, 6.45) is 0.911. The predicted molar refractivity (Wildman–Crippen MR) is 83.0 cm³/mol. The molecule has 0 saturated heterocycles. The standard InChI is InChI=1S/C16H20N4O/c1-20(2)12-6-11-17-16(21)15-10-9-14(18-19-15)13-7-4-3-5-8-13/h3-5,7-10H,6,11-12H2,1-2H3,(H,17,21). The second-order valence-corrected chi connectivity index (χ2v) is 5.08. The van der Waals surface area contributed by atoms with Crippen molar-refractivity contribution in [3.05, 3.63) is 48.2 Å². The molecule has 0 unspecified atom stereocenters. The van der Waals surface area contributed by atoms with Gasteiger partial charge in [-0.1, -0.05) is 30.3 Å². The molecule has 2 aromatic rings. The molecule has 0 aliphatic rings. The molecule has 1 aromatic carbocycles. The number of hydrogen-bond acceptors (Lipinski definition) is 4. The van der Waals surface area contributed by atoms with Crippen LogP contribution in [0.4, 0.5) is 0 Å². The van der Waals surface area contributed by atoms with E-state index >= 15 is 0 Å². The van der Waals surface area contributed by atoms with Gasteiger partial charge in [0, 0.05) is 12.1 Å². The van der Waals surface area contributed by atoms with Crippen LogP contribution in [0, 0.1) is 0 Å². The molecular formula is C16H20N4O. The molecule has 1 heterocycles. The Kier molecular flexibility index (Phi) is 5.40. The van der Waals surface area contributed by atoms with Gasteiger partial charge in [0.05, 0.1) is 5.69 Å². The summed E-state index contributed by atoms with van der Waals surface area (Å²) in [6.45, 7) is 1.58. The van der Waals surface area contributed by atoms with Gasteiger partial charge >= 0.3 is 0 Å². The minimum atomic E-state index is -0.180. The summed E-state index contributed by atoms with van der Waals surface area (Å²) in [6, 6.07) is 13.3. The van der Waals surface area contributed by atoms with Crippen molar-refractivity contribution in [1.29, 1.82) is 0 Å². The monoisotopic (exact) mass is 284 g/mol. The first-order valence-electron chi connectivity index (χ1n) is 6.99. The van der Waals surface area contributed by atoms with Crippen molar-refractivity contribution in [1.82, 2.24) is 20.4 Å². The van der Waals surface area contributed by atoms with E-state index in [0.717, 1.165) is 24.2 Å². The Morgan fingerprint density at radius 3 is 2.48 bits per heavy atom. The minimum Gasteiger partial charge on any atom is -0.351 e. The van der Waals surface area contributed by atoms with E-state index in [1.54, 1.807) is 6.07 Å². The normalized spacial score (nSPS) is 10.6. The van der Waals surface area contributed by atoms with Crippen molar-refractivity contribution in [2.75, 3.05) is 27.2 Å². The Bertz CT molecular complexity index is 567. The van der Waals surface area contributed by atoms with Crippen LogP contribution in [0.3, 0.4) is 0 Å². The van der Waals surface area contributed by atoms with Crippen LogP contribution in [-0.2, 0) is 0 Å². The number of benzene rings is 1. The molecule has 0 radical (unpaired) electrons. The van der Waals surface area contributed by atoms with Gasteiger partial charge in [-0.15, -0.1) is 10.2 Å². The zero-order valence-corrected chi connectivity index (χ0v) is 12.4. The first-order valence-corrected chi connectivity index (χ1v) is 6.99. The third-order valence-corrected chi connectivity index (χ3v) is 3.03. The minimum absolute atomic E-state index is 0.180. The average molecular weight is 284 g/mol. The van der Waals surface area contributed by atoms with Crippen molar-refractivity contribution in [2.24, 2.45) is 0 Å². The van der Waals surface area contributed by atoms with E-state index < -0.39 is 0 Å². The van der Waals surface area contributed by atoms with Gasteiger partial charge in [-0.3, -0.25) is 4.79 Å². The lowest BCUT2D eigenvalue weighted by Gasteiger charge is -2.09. The summed E-state index contributed by atoms with van der Waals surface area (Å²) in [5, 5.41) is 10.9. The van der Waals surface area contributed by atoms with Crippen molar-refractivity contribution >= 4 is 5.91 Å². The van der Waals surface area contributed by atoms with Crippen LogP contribution in [-0.4, -0.2) is 48.2 Å². The number of carbonyl (C=O) groups excluding carboxylic acids is 1. The van der Waals surface area contributed by atoms with E-state index in [0.29, 0.717) is 12.2 Å². The number of aromatic nitrogens is 2. The van der Waals surface area contributed by atoms with Crippen molar-refractivity contribution in [3.63, 3.8) is 0 Å². The van der Waals surface area contributed by atoms with Gasteiger partial charge in [-0.25, -0.2) is 0 Å². The van der Waals surface area contributed by atoms with Crippen LogP contribution >= 0.6 is 0 Å². The summed E-state index contributed by atoms with van der Waals surface area (Å²) in [5.41, 5.74) is 2.10. The summed E-state index contributed by atoms with van der Waals surface area (Å²) in [7, 11) is 4.02. The van der Waals surface area contributed by atoms with Crippen LogP contribution in [0.25, 0.3) is 11.3 Å². The third kappa shape index (κ3) is 4.65. The Labute approximate surface area is 125 Å². The Morgan fingerprint density at radius 2 is 1.86 bits per heavy atom. The SMILES string of the molecule is CN(C)CCCNC(=O)c1ccc(-c2ccccc2)nn1. The summed E-state index contributed by atoms with van der Waals surface area (Å²) < 4.78 is 0. The number of nitrogens with one attached hydrogen (secondary N) is 1. The fraction of sp³-hybridized carbons (Fsp3) is 0.312. The first kappa shape index (κ1) is 15.1. The lowest BCUT2D eigenvalue weighted by Crippen LogP contribution is -2.28. The maximum Gasteiger partial charge on any atom is 0.271 e. The molecule has 110 valence electrons. The highest BCUT2D eigenvalue weighted by Gasteiger charge is 2.08. The van der Waals surface area contributed by atoms with Gasteiger partial charge in [-0.2, -0.15) is 0 Å². The van der Waals surface area contributed by atoms with Crippen LogP contribution in [0.1, 0.15) is 16.9 Å². The largest absolute Gasteiger partial charge is 0.351 e. The molecule has 0 bridgehead atoms. The fourth-order valence-electron chi connectivity index (χ4n) is 1.90. The van der Waals surface area contributed by atoms with Gasteiger partial charge in [0.2, 0.25) is 0 Å². The summed E-state index contributed by atoms with van der Waals surface area (Å²) in [4.78, 5) is 14.0. The molecular weight excluding hydrogens is 264 g/mol. The van der Waals surface area contributed by atoms with Gasteiger partial charge in [0.1, 0.15) is 0 Å². The lowest BCUT2D eigenvalue weighted by atomic mass is 10.1. The molecule has 5 heteroatoms. The van der Waals surface area contributed by atoms with Gasteiger partial charge < -0.3 is 10.2 Å². The van der Waals surface area contributed by atoms with Crippen LogP contribution in [0.2, 0.25) is 0 Å². The Morgan fingerprint density at radius 1 is 1.10 bits per heavy atom. The highest BCUT2D eigenvalue weighted by molar-refractivity contribution is 5.92. The zero-order valence-electron chi connectivity index (χ0n) is 12.4. The molecule has 0 fully saturated rings. The maximum absolute atomic E-state index is 11.9. The molecule has 0 aliphatic carbocycles. The van der Waals surface area contributed by atoms with E-state index in [9.17, 15) is 4.79 Å². The smallest absolute Gasteiger partial charge is 0.271 e. The molecule has 1 aromatic heterocycles. The van der Waals surface area contributed by atoms with E-state index in [4.69, 9.17) is 0 Å². The van der Waals surface area contributed by atoms with Gasteiger partial charge in [0.15, 0.2) is 5.69 Å². The number of rotatable bonds is 6. The molecule has 0 saturated carbocycles. The highest BCUT2D eigenvalue weighted by Crippen LogP contribution is 2.14. The van der Waals surface area contributed by atoms with E-state index in [1.165, 1.54) is 0 Å². The molecule has 1 N–H and O–H groups in total. The molecule has 1 amide bonds. The van der Waals surface area contributed by atoms with Gasteiger partial charge in [-0.05, 0) is 39.2 Å². The topological polar surface area (TPSA) is 58.1 Å². The second kappa shape index (κ2) is 7.50. The van der Waals surface area contributed by atoms with E-state index in [-0.39, 0.29) is 5.91 Å². The number of hydrogen-bond donors (Lipinski definition) is 1. The van der Waals surface area contributed by atoms with Crippen LogP contribution in [0.5, 0.6) is 0 Å². The third-order valence-electron chi connectivity index (χ3n) is 3.03. The molecule has 5 nitrogen and oxygen atoms in total.